The number of pyridine rings is 1. The number of amides is 1. The van der Waals surface area contributed by atoms with E-state index in [-0.39, 0.29) is 33.8 Å². The topological polar surface area (TPSA) is 95.5 Å². The van der Waals surface area contributed by atoms with Crippen LogP contribution < -0.4 is 14.8 Å². The van der Waals surface area contributed by atoms with Crippen molar-refractivity contribution in [2.24, 2.45) is 0 Å². The first-order valence-corrected chi connectivity index (χ1v) is 10.1. The summed E-state index contributed by atoms with van der Waals surface area (Å²) in [6.45, 7) is 2.10. The van der Waals surface area contributed by atoms with Gasteiger partial charge in [0.15, 0.2) is 0 Å². The molecule has 2 heterocycles. The van der Waals surface area contributed by atoms with Gasteiger partial charge in [0.25, 0.3) is 11.1 Å². The van der Waals surface area contributed by atoms with E-state index in [1.807, 2.05) is 0 Å². The second kappa shape index (κ2) is 10.1. The second-order valence-corrected chi connectivity index (χ2v) is 7.48. The quantitative estimate of drug-likeness (QED) is 0.374. The minimum atomic E-state index is -4.94. The molecule has 0 saturated heterocycles. The highest BCUT2D eigenvalue weighted by molar-refractivity contribution is 7.17. The van der Waals surface area contributed by atoms with Crippen molar-refractivity contribution in [1.29, 1.82) is 0 Å². The molecule has 0 saturated carbocycles. The molecule has 0 atom stereocenters. The number of hydrogen-bond acceptors (Lipinski definition) is 8. The highest BCUT2D eigenvalue weighted by Crippen LogP contribution is 2.41. The molecule has 3 aromatic rings. The number of carbonyl (C=O) groups excluding carboxylic acids is 1. The van der Waals surface area contributed by atoms with Crippen LogP contribution in [-0.4, -0.2) is 48.5 Å². The van der Waals surface area contributed by atoms with Crippen molar-refractivity contribution < 1.29 is 36.6 Å². The van der Waals surface area contributed by atoms with Gasteiger partial charge in [0, 0.05) is 24.6 Å². The molecule has 0 aliphatic heterocycles. The Morgan fingerprint density at radius 2 is 1.94 bits per heavy atom. The molecular weight excluding hydrogens is 468 g/mol. The highest BCUT2D eigenvalue weighted by Gasteiger charge is 2.37. The number of anilines is 1. The lowest BCUT2D eigenvalue weighted by Crippen LogP contribution is -2.15. The predicted octanol–water partition coefficient (Wildman–Crippen LogP) is 4.35. The molecule has 0 fully saturated rings. The van der Waals surface area contributed by atoms with Crippen molar-refractivity contribution in [3.8, 4) is 22.1 Å². The van der Waals surface area contributed by atoms with E-state index in [0.29, 0.717) is 18.4 Å². The van der Waals surface area contributed by atoms with Crippen molar-refractivity contribution in [1.82, 2.24) is 15.2 Å². The second-order valence-electron chi connectivity index (χ2n) is 6.54. The first-order valence-electron chi connectivity index (χ1n) is 9.33. The first-order chi connectivity index (χ1) is 15.7. The summed E-state index contributed by atoms with van der Waals surface area (Å²) < 4.78 is 70.2. The maximum absolute atomic E-state index is 15.1. The number of halogens is 4. The number of carbonyl (C=O) groups is 1. The Morgan fingerprint density at radius 3 is 2.61 bits per heavy atom. The van der Waals surface area contributed by atoms with E-state index < -0.39 is 29.0 Å². The molecule has 0 aliphatic rings. The zero-order chi connectivity index (χ0) is 24.2. The standard InChI is InChI=1S/C20H18F4N4O4S/c1-10-8-11(15-14(31-3)5-4-13(16(15)21)20(22,23)24)12(9-25-10)17(29)26-18-27-28-19(33-18)32-7-6-30-2/h4-5,8-9H,6-7H2,1-3H3,(H,26,27,29). The van der Waals surface area contributed by atoms with Crippen LogP contribution in [0.4, 0.5) is 22.7 Å². The summed E-state index contributed by atoms with van der Waals surface area (Å²) in [4.78, 5) is 16.9. The summed E-state index contributed by atoms with van der Waals surface area (Å²) in [6.07, 6.45) is -3.81. The summed E-state index contributed by atoms with van der Waals surface area (Å²) in [6, 6.07) is 2.88. The molecule has 0 bridgehead atoms. The molecule has 1 amide bonds. The van der Waals surface area contributed by atoms with Gasteiger partial charge in [-0.05, 0) is 36.5 Å². The maximum atomic E-state index is 15.1. The summed E-state index contributed by atoms with van der Waals surface area (Å²) in [5.41, 5.74) is -1.95. The Kier molecular flexibility index (Phi) is 7.43. The Hall–Kier alpha value is -3.32. The fraction of sp³-hybridized carbons (Fsp3) is 0.300. The summed E-state index contributed by atoms with van der Waals surface area (Å²) in [7, 11) is 2.69. The van der Waals surface area contributed by atoms with E-state index in [1.165, 1.54) is 20.3 Å². The zero-order valence-electron chi connectivity index (χ0n) is 17.6. The average molecular weight is 486 g/mol. The molecule has 176 valence electrons. The molecule has 0 spiro atoms. The van der Waals surface area contributed by atoms with Gasteiger partial charge in [-0.2, -0.15) is 13.2 Å². The van der Waals surface area contributed by atoms with Crippen LogP contribution in [-0.2, 0) is 10.9 Å². The third kappa shape index (κ3) is 5.54. The highest BCUT2D eigenvalue weighted by atomic mass is 32.1. The van der Waals surface area contributed by atoms with Crippen LogP contribution >= 0.6 is 11.3 Å². The predicted molar refractivity (Wildman–Crippen MR) is 111 cm³/mol. The minimum absolute atomic E-state index is 0.0652. The SMILES string of the molecule is COCCOc1nnc(NC(=O)c2cnc(C)cc2-c2c(OC)ccc(C(F)(F)F)c2F)s1. The van der Waals surface area contributed by atoms with Crippen LogP contribution in [0.1, 0.15) is 21.6 Å². The molecule has 1 aromatic carbocycles. The number of aromatic nitrogens is 3. The van der Waals surface area contributed by atoms with Crippen molar-refractivity contribution in [2.45, 2.75) is 13.1 Å². The Labute approximate surface area is 189 Å². The van der Waals surface area contributed by atoms with Crippen molar-refractivity contribution >= 4 is 22.4 Å². The molecule has 2 aromatic heterocycles. The Balaban J connectivity index is 2.00. The van der Waals surface area contributed by atoms with E-state index in [1.54, 1.807) is 6.92 Å². The summed E-state index contributed by atoms with van der Waals surface area (Å²) in [5.74, 6) is -2.52. The molecule has 33 heavy (non-hydrogen) atoms. The summed E-state index contributed by atoms with van der Waals surface area (Å²) >= 11 is 0.928. The maximum Gasteiger partial charge on any atom is 0.419 e. The molecule has 8 nitrogen and oxygen atoms in total. The Morgan fingerprint density at radius 1 is 1.18 bits per heavy atom. The number of ether oxygens (including phenoxy) is 3. The van der Waals surface area contributed by atoms with Gasteiger partial charge in [-0.1, -0.05) is 5.10 Å². The van der Waals surface area contributed by atoms with Crippen LogP contribution in [0, 0.1) is 12.7 Å². The Bertz CT molecular complexity index is 1150. The molecule has 0 radical (unpaired) electrons. The molecule has 0 aliphatic carbocycles. The lowest BCUT2D eigenvalue weighted by atomic mass is 9.96. The first kappa shape index (κ1) is 24.3. The van der Waals surface area contributed by atoms with Crippen molar-refractivity contribution in [3.05, 3.63) is 47.0 Å². The number of rotatable bonds is 8. The van der Waals surface area contributed by atoms with Gasteiger partial charge in [-0.25, -0.2) is 4.39 Å². The number of hydrogen-bond donors (Lipinski definition) is 1. The number of nitrogens with one attached hydrogen (secondary N) is 1. The average Bonchev–Trinajstić information content (AvgIpc) is 3.19. The monoisotopic (exact) mass is 486 g/mol. The normalized spacial score (nSPS) is 11.4. The van der Waals surface area contributed by atoms with E-state index in [0.717, 1.165) is 23.6 Å². The number of benzene rings is 1. The number of aryl methyl sites for hydroxylation is 1. The van der Waals surface area contributed by atoms with Crippen LogP contribution in [0.15, 0.2) is 24.4 Å². The van der Waals surface area contributed by atoms with Crippen LogP contribution in [0.25, 0.3) is 11.1 Å². The van der Waals surface area contributed by atoms with Gasteiger partial charge >= 0.3 is 6.18 Å². The van der Waals surface area contributed by atoms with Gasteiger partial charge in [0.2, 0.25) is 5.13 Å². The van der Waals surface area contributed by atoms with Gasteiger partial charge in [0.05, 0.1) is 30.4 Å². The third-order valence-electron chi connectivity index (χ3n) is 4.32. The van der Waals surface area contributed by atoms with E-state index in [4.69, 9.17) is 14.2 Å². The number of methoxy groups -OCH3 is 2. The molecule has 3 rings (SSSR count). The van der Waals surface area contributed by atoms with Crippen molar-refractivity contribution in [3.63, 3.8) is 0 Å². The largest absolute Gasteiger partial charge is 0.496 e. The molecule has 13 heteroatoms. The van der Waals surface area contributed by atoms with E-state index >= 15 is 4.39 Å². The minimum Gasteiger partial charge on any atom is -0.496 e. The van der Waals surface area contributed by atoms with Gasteiger partial charge in [-0.3, -0.25) is 15.1 Å². The zero-order valence-corrected chi connectivity index (χ0v) is 18.4. The fourth-order valence-electron chi connectivity index (χ4n) is 2.84. The lowest BCUT2D eigenvalue weighted by molar-refractivity contribution is -0.139. The number of alkyl halides is 3. The van der Waals surface area contributed by atoms with Gasteiger partial charge in [-0.15, -0.1) is 5.10 Å². The summed E-state index contributed by atoms with van der Waals surface area (Å²) in [5, 5.41) is 10.3. The smallest absolute Gasteiger partial charge is 0.419 e. The lowest BCUT2D eigenvalue weighted by Gasteiger charge is -2.17. The van der Waals surface area contributed by atoms with Crippen LogP contribution in [0.5, 0.6) is 10.9 Å². The van der Waals surface area contributed by atoms with Crippen LogP contribution in [0.2, 0.25) is 0 Å². The third-order valence-corrected chi connectivity index (χ3v) is 5.07. The van der Waals surface area contributed by atoms with Gasteiger partial charge < -0.3 is 14.2 Å². The fourth-order valence-corrected chi connectivity index (χ4v) is 3.46. The molecule has 0 unspecified atom stereocenters. The van der Waals surface area contributed by atoms with E-state index in [2.05, 4.69) is 20.5 Å². The van der Waals surface area contributed by atoms with Crippen molar-refractivity contribution in [2.75, 3.05) is 32.8 Å². The molecular formula is C20H18F4N4O4S. The number of nitrogens with zero attached hydrogens (tertiary/aromatic N) is 3. The van der Waals surface area contributed by atoms with E-state index in [9.17, 15) is 18.0 Å². The van der Waals surface area contributed by atoms with Gasteiger partial charge in [0.1, 0.15) is 18.2 Å². The molecule has 1 N–H and O–H groups in total. The van der Waals surface area contributed by atoms with Crippen LogP contribution in [0.3, 0.4) is 0 Å².